The summed E-state index contributed by atoms with van der Waals surface area (Å²) in [6.07, 6.45) is 1.08. The lowest BCUT2D eigenvalue weighted by Crippen LogP contribution is -2.22. The van der Waals surface area contributed by atoms with E-state index < -0.39 is 6.09 Å². The van der Waals surface area contributed by atoms with Crippen molar-refractivity contribution in [2.45, 2.75) is 0 Å². The van der Waals surface area contributed by atoms with Gasteiger partial charge in [0.2, 0.25) is 0 Å². The van der Waals surface area contributed by atoms with Crippen LogP contribution in [-0.2, 0) is 0 Å². The Kier molecular flexibility index (Phi) is 3.87. The van der Waals surface area contributed by atoms with Crippen molar-refractivity contribution >= 4 is 6.09 Å². The van der Waals surface area contributed by atoms with Gasteiger partial charge in [-0.3, -0.25) is 0 Å². The van der Waals surface area contributed by atoms with Crippen molar-refractivity contribution in [1.29, 1.82) is 0 Å². The van der Waals surface area contributed by atoms with Crippen LogP contribution in [-0.4, -0.2) is 23.1 Å². The maximum atomic E-state index is 11.1. The zero-order valence-electron chi connectivity index (χ0n) is 12.0. The second-order valence-corrected chi connectivity index (χ2v) is 4.68. The molecule has 0 aliphatic heterocycles. The normalized spacial score (nSPS) is 10.2. The van der Waals surface area contributed by atoms with Gasteiger partial charge in [0, 0.05) is 7.05 Å². The van der Waals surface area contributed by atoms with Crippen LogP contribution in [0.25, 0.3) is 22.4 Å². The van der Waals surface area contributed by atoms with E-state index in [9.17, 15) is 4.79 Å². The number of hydrogen-bond acceptors (Lipinski definition) is 3. The molecule has 22 heavy (non-hydrogen) atoms. The molecule has 0 bridgehead atoms. The van der Waals surface area contributed by atoms with Crippen LogP contribution in [0.1, 0.15) is 0 Å². The summed E-state index contributed by atoms with van der Waals surface area (Å²) in [7, 11) is 1.49. The SMILES string of the molecule is CNC(=O)Oc1ncc(-c2ccc(-c3ccccc3)cc2)[nH]1. The highest BCUT2D eigenvalue weighted by atomic mass is 16.6. The molecule has 0 saturated heterocycles. The second-order valence-electron chi connectivity index (χ2n) is 4.68. The van der Waals surface area contributed by atoms with E-state index >= 15 is 0 Å². The fourth-order valence-corrected chi connectivity index (χ4v) is 2.11. The number of carbonyl (C=O) groups excluding carboxylic acids is 1. The molecule has 3 rings (SSSR count). The predicted molar refractivity (Wildman–Crippen MR) is 84.5 cm³/mol. The first-order valence-electron chi connectivity index (χ1n) is 6.86. The van der Waals surface area contributed by atoms with Crippen LogP contribution in [0.5, 0.6) is 6.01 Å². The van der Waals surface area contributed by atoms with Crippen LogP contribution >= 0.6 is 0 Å². The molecule has 1 heterocycles. The molecule has 110 valence electrons. The molecule has 0 fully saturated rings. The molecule has 5 nitrogen and oxygen atoms in total. The molecule has 1 aromatic heterocycles. The van der Waals surface area contributed by atoms with Crippen LogP contribution in [0.2, 0.25) is 0 Å². The van der Waals surface area contributed by atoms with Crippen LogP contribution in [0.3, 0.4) is 0 Å². The highest BCUT2D eigenvalue weighted by Crippen LogP contribution is 2.24. The zero-order valence-corrected chi connectivity index (χ0v) is 12.0. The molecule has 3 aromatic rings. The number of aromatic amines is 1. The summed E-state index contributed by atoms with van der Waals surface area (Å²) in [4.78, 5) is 18.1. The standard InChI is InChI=1S/C17H15N3O2/c1-18-17(21)22-16-19-11-15(20-16)14-9-7-13(8-10-14)12-5-3-2-4-6-12/h2-11H,1H3,(H,18,21)(H,19,20). The number of amides is 1. The molecule has 0 spiro atoms. The van der Waals surface area contributed by atoms with Crippen LogP contribution in [0, 0.1) is 0 Å². The first kappa shape index (κ1) is 13.9. The topological polar surface area (TPSA) is 67.0 Å². The van der Waals surface area contributed by atoms with Crippen LogP contribution < -0.4 is 10.1 Å². The summed E-state index contributed by atoms with van der Waals surface area (Å²) in [5.41, 5.74) is 4.07. The summed E-state index contributed by atoms with van der Waals surface area (Å²) in [6, 6.07) is 18.4. The van der Waals surface area contributed by atoms with E-state index in [1.54, 1.807) is 6.20 Å². The number of benzene rings is 2. The van der Waals surface area contributed by atoms with Crippen LogP contribution in [0.15, 0.2) is 60.8 Å². The molecule has 0 aliphatic rings. The van der Waals surface area contributed by atoms with Crippen molar-refractivity contribution in [2.75, 3.05) is 7.05 Å². The van der Waals surface area contributed by atoms with Crippen LogP contribution in [0.4, 0.5) is 4.79 Å². The third kappa shape index (κ3) is 2.98. The van der Waals surface area contributed by atoms with Crippen molar-refractivity contribution in [3.63, 3.8) is 0 Å². The Morgan fingerprint density at radius 1 is 1.00 bits per heavy atom. The van der Waals surface area contributed by atoms with Gasteiger partial charge in [-0.2, -0.15) is 0 Å². The Hall–Kier alpha value is -3.08. The second kappa shape index (κ2) is 6.13. The van der Waals surface area contributed by atoms with Crippen molar-refractivity contribution in [3.05, 3.63) is 60.8 Å². The zero-order chi connectivity index (χ0) is 15.4. The van der Waals surface area contributed by atoms with E-state index in [0.29, 0.717) is 0 Å². The highest BCUT2D eigenvalue weighted by molar-refractivity contribution is 5.70. The smallest absolute Gasteiger partial charge is 0.375 e. The minimum absolute atomic E-state index is 0.168. The summed E-state index contributed by atoms with van der Waals surface area (Å²) < 4.78 is 4.94. The third-order valence-corrected chi connectivity index (χ3v) is 3.25. The number of H-pyrrole nitrogens is 1. The number of nitrogens with zero attached hydrogens (tertiary/aromatic N) is 1. The number of nitrogens with one attached hydrogen (secondary N) is 2. The van der Waals surface area contributed by atoms with E-state index in [1.165, 1.54) is 12.6 Å². The minimum Gasteiger partial charge on any atom is -0.375 e. The Morgan fingerprint density at radius 2 is 1.64 bits per heavy atom. The van der Waals surface area contributed by atoms with Gasteiger partial charge in [-0.25, -0.2) is 9.78 Å². The first-order chi connectivity index (χ1) is 10.8. The Morgan fingerprint density at radius 3 is 2.32 bits per heavy atom. The fourth-order valence-electron chi connectivity index (χ4n) is 2.11. The van der Waals surface area contributed by atoms with Gasteiger partial charge in [0.25, 0.3) is 0 Å². The van der Waals surface area contributed by atoms with Crippen molar-refractivity contribution < 1.29 is 9.53 Å². The molecule has 0 atom stereocenters. The Balaban J connectivity index is 1.80. The first-order valence-corrected chi connectivity index (χ1v) is 6.86. The van der Waals surface area contributed by atoms with Gasteiger partial charge in [-0.1, -0.05) is 54.6 Å². The van der Waals surface area contributed by atoms with Gasteiger partial charge in [-0.05, 0) is 16.7 Å². The monoisotopic (exact) mass is 293 g/mol. The Labute approximate surface area is 128 Å². The lowest BCUT2D eigenvalue weighted by Gasteiger charge is -2.03. The van der Waals surface area contributed by atoms with Gasteiger partial charge in [0.1, 0.15) is 0 Å². The van der Waals surface area contributed by atoms with E-state index in [4.69, 9.17) is 4.74 Å². The molecule has 0 saturated carbocycles. The molecule has 2 aromatic carbocycles. The number of rotatable bonds is 3. The maximum absolute atomic E-state index is 11.1. The van der Waals surface area contributed by atoms with E-state index in [1.807, 2.05) is 42.5 Å². The van der Waals surface area contributed by atoms with Gasteiger partial charge >= 0.3 is 12.1 Å². The van der Waals surface area contributed by atoms with Gasteiger partial charge in [0.05, 0.1) is 11.9 Å². The van der Waals surface area contributed by atoms with Crippen molar-refractivity contribution in [2.24, 2.45) is 0 Å². The molecule has 0 aliphatic carbocycles. The third-order valence-electron chi connectivity index (χ3n) is 3.25. The molecule has 0 radical (unpaired) electrons. The average molecular weight is 293 g/mol. The number of aromatic nitrogens is 2. The van der Waals surface area contributed by atoms with Crippen molar-refractivity contribution in [1.82, 2.24) is 15.3 Å². The van der Waals surface area contributed by atoms with E-state index in [0.717, 1.165) is 16.8 Å². The average Bonchev–Trinajstić information content (AvgIpc) is 3.04. The maximum Gasteiger partial charge on any atom is 0.414 e. The molecule has 1 amide bonds. The lowest BCUT2D eigenvalue weighted by molar-refractivity contribution is 0.199. The summed E-state index contributed by atoms with van der Waals surface area (Å²) in [6.45, 7) is 0. The molecule has 5 heteroatoms. The number of hydrogen-bond donors (Lipinski definition) is 2. The molecule has 2 N–H and O–H groups in total. The molecular weight excluding hydrogens is 278 g/mol. The van der Waals surface area contributed by atoms with Gasteiger partial charge in [-0.15, -0.1) is 0 Å². The predicted octanol–water partition coefficient (Wildman–Crippen LogP) is 3.46. The number of imidazole rings is 1. The Bertz CT molecular complexity index is 764. The summed E-state index contributed by atoms with van der Waals surface area (Å²) in [5, 5.41) is 2.37. The largest absolute Gasteiger partial charge is 0.414 e. The van der Waals surface area contributed by atoms with E-state index in [-0.39, 0.29) is 6.01 Å². The van der Waals surface area contributed by atoms with Crippen molar-refractivity contribution in [3.8, 4) is 28.4 Å². The molecule has 0 unspecified atom stereocenters. The highest BCUT2D eigenvalue weighted by Gasteiger charge is 2.07. The van der Waals surface area contributed by atoms with Gasteiger partial charge in [0.15, 0.2) is 0 Å². The lowest BCUT2D eigenvalue weighted by atomic mass is 10.0. The molecular formula is C17H15N3O2. The minimum atomic E-state index is -0.555. The van der Waals surface area contributed by atoms with E-state index in [2.05, 4.69) is 27.4 Å². The van der Waals surface area contributed by atoms with Gasteiger partial charge < -0.3 is 15.0 Å². The fraction of sp³-hybridized carbons (Fsp3) is 0.0588. The summed E-state index contributed by atoms with van der Waals surface area (Å²) in [5.74, 6) is 0. The number of ether oxygens (including phenoxy) is 1. The number of carbonyl (C=O) groups is 1. The summed E-state index contributed by atoms with van der Waals surface area (Å²) >= 11 is 0. The quantitative estimate of drug-likeness (QED) is 0.777.